The number of hydrogen-bond acceptors (Lipinski definition) is 5. The van der Waals surface area contributed by atoms with E-state index in [9.17, 15) is 10.1 Å². The highest BCUT2D eigenvalue weighted by atomic mass is 32.1. The van der Waals surface area contributed by atoms with E-state index < -0.39 is 5.92 Å². The summed E-state index contributed by atoms with van der Waals surface area (Å²) >= 11 is 1.35. The Morgan fingerprint density at radius 1 is 1.48 bits per heavy atom. The van der Waals surface area contributed by atoms with Crippen LogP contribution in [0.2, 0.25) is 0 Å². The van der Waals surface area contributed by atoms with E-state index >= 15 is 0 Å². The molecule has 1 aromatic carbocycles. The molecule has 23 heavy (non-hydrogen) atoms. The number of carbonyl (C=O) groups is 1. The van der Waals surface area contributed by atoms with Crippen molar-refractivity contribution in [2.45, 2.75) is 19.4 Å². The third-order valence-electron chi connectivity index (χ3n) is 3.41. The van der Waals surface area contributed by atoms with E-state index in [1.54, 1.807) is 18.6 Å². The van der Waals surface area contributed by atoms with Gasteiger partial charge in [-0.05, 0) is 18.6 Å². The van der Waals surface area contributed by atoms with Gasteiger partial charge in [-0.15, -0.1) is 11.3 Å². The molecule has 0 aliphatic heterocycles. The highest BCUT2D eigenvalue weighted by Gasteiger charge is 2.24. The summed E-state index contributed by atoms with van der Waals surface area (Å²) in [6, 6.07) is 9.43. The number of thiazole rings is 1. The summed E-state index contributed by atoms with van der Waals surface area (Å²) in [4.78, 5) is 20.9. The first-order chi connectivity index (χ1) is 11.2. The molecule has 0 aliphatic rings. The Kier molecular flexibility index (Phi) is 4.31. The highest BCUT2D eigenvalue weighted by molar-refractivity contribution is 7.10. The van der Waals surface area contributed by atoms with Gasteiger partial charge in [0.2, 0.25) is 0 Å². The summed E-state index contributed by atoms with van der Waals surface area (Å²) in [5, 5.41) is 11.8. The first-order valence-electron chi connectivity index (χ1n) is 7.08. The smallest absolute Gasteiger partial charge is 0.186 e. The fourth-order valence-electron chi connectivity index (χ4n) is 2.31. The van der Waals surface area contributed by atoms with Crippen LogP contribution in [-0.2, 0) is 6.54 Å². The third kappa shape index (κ3) is 3.35. The van der Waals surface area contributed by atoms with E-state index in [0.29, 0.717) is 17.1 Å². The summed E-state index contributed by atoms with van der Waals surface area (Å²) < 4.78 is 1.93. The average Bonchev–Trinajstić information content (AvgIpc) is 3.20. The van der Waals surface area contributed by atoms with E-state index in [1.807, 2.05) is 41.3 Å². The zero-order valence-corrected chi connectivity index (χ0v) is 13.3. The zero-order valence-electron chi connectivity index (χ0n) is 12.5. The number of rotatable bonds is 5. The van der Waals surface area contributed by atoms with Crippen LogP contribution in [-0.4, -0.2) is 20.3 Å². The van der Waals surface area contributed by atoms with Gasteiger partial charge in [0, 0.05) is 35.6 Å². The Balaban J connectivity index is 1.85. The maximum Gasteiger partial charge on any atom is 0.186 e. The summed E-state index contributed by atoms with van der Waals surface area (Å²) in [5.74, 6) is -1.06. The van der Waals surface area contributed by atoms with Gasteiger partial charge in [-0.25, -0.2) is 9.97 Å². The maximum atomic E-state index is 12.7. The van der Waals surface area contributed by atoms with Crippen LogP contribution in [0.15, 0.2) is 48.4 Å². The number of imidazole rings is 1. The molecule has 2 heterocycles. The molecule has 0 N–H and O–H groups in total. The number of nitrogens with zero attached hydrogens (tertiary/aromatic N) is 4. The van der Waals surface area contributed by atoms with Gasteiger partial charge in [0.1, 0.15) is 5.01 Å². The quantitative estimate of drug-likeness (QED) is 0.676. The number of benzene rings is 1. The number of aromatic nitrogens is 3. The molecule has 0 saturated heterocycles. The Labute approximate surface area is 137 Å². The number of Topliss-reactive ketones (excluding diaryl/α,β-unsaturated/α-hetero) is 1. The lowest BCUT2D eigenvalue weighted by Crippen LogP contribution is -2.11. The van der Waals surface area contributed by atoms with Gasteiger partial charge in [0.05, 0.1) is 12.4 Å². The van der Waals surface area contributed by atoms with Crippen LogP contribution < -0.4 is 0 Å². The molecular formula is C17H14N4OS. The lowest BCUT2D eigenvalue weighted by Gasteiger charge is -2.08. The fraction of sp³-hybridized carbons (Fsp3) is 0.176. The molecule has 3 aromatic rings. The molecule has 1 unspecified atom stereocenters. The molecule has 114 valence electrons. The standard InChI is InChI=1S/C17H14N4OS/c1-12-10-23-17(20-12)15(8-18)16(22)14-4-2-3-13(7-14)9-21-6-5-19-11-21/h2-7,10-11,15H,9H2,1H3. The van der Waals surface area contributed by atoms with Crippen molar-refractivity contribution in [3.8, 4) is 6.07 Å². The van der Waals surface area contributed by atoms with Crippen LogP contribution in [0.5, 0.6) is 0 Å². The maximum absolute atomic E-state index is 12.7. The minimum atomic E-state index is -0.850. The molecule has 0 radical (unpaired) electrons. The van der Waals surface area contributed by atoms with Gasteiger partial charge in [-0.1, -0.05) is 18.2 Å². The summed E-state index contributed by atoms with van der Waals surface area (Å²) in [6.07, 6.45) is 5.31. The Morgan fingerprint density at radius 2 is 2.35 bits per heavy atom. The van der Waals surface area contributed by atoms with E-state index in [2.05, 4.69) is 16.0 Å². The first-order valence-corrected chi connectivity index (χ1v) is 7.96. The molecule has 0 bridgehead atoms. The normalized spacial score (nSPS) is 11.8. The Morgan fingerprint density at radius 3 is 3.00 bits per heavy atom. The molecular weight excluding hydrogens is 308 g/mol. The third-order valence-corrected chi connectivity index (χ3v) is 4.44. The van der Waals surface area contributed by atoms with Crippen molar-refractivity contribution in [3.05, 3.63) is 70.2 Å². The molecule has 1 atom stereocenters. The Hall–Kier alpha value is -2.78. The van der Waals surface area contributed by atoms with Crippen LogP contribution in [0, 0.1) is 18.3 Å². The topological polar surface area (TPSA) is 71.6 Å². The van der Waals surface area contributed by atoms with Crippen LogP contribution in [0.4, 0.5) is 0 Å². The molecule has 0 amide bonds. The van der Waals surface area contributed by atoms with Gasteiger partial charge in [0.25, 0.3) is 0 Å². The van der Waals surface area contributed by atoms with Crippen molar-refractivity contribution in [1.29, 1.82) is 5.26 Å². The van der Waals surface area contributed by atoms with Gasteiger partial charge in [-0.2, -0.15) is 5.26 Å². The first kappa shape index (κ1) is 15.1. The van der Waals surface area contributed by atoms with Gasteiger partial charge >= 0.3 is 0 Å². The number of nitriles is 1. The van der Waals surface area contributed by atoms with Crippen molar-refractivity contribution >= 4 is 17.1 Å². The second-order valence-corrected chi connectivity index (χ2v) is 6.08. The summed E-state index contributed by atoms with van der Waals surface area (Å²) in [6.45, 7) is 2.49. The van der Waals surface area contributed by atoms with Crippen molar-refractivity contribution in [3.63, 3.8) is 0 Å². The largest absolute Gasteiger partial charge is 0.333 e. The molecule has 3 rings (SSSR count). The van der Waals surface area contributed by atoms with E-state index in [4.69, 9.17) is 0 Å². The van der Waals surface area contributed by atoms with Crippen molar-refractivity contribution < 1.29 is 4.79 Å². The number of ketones is 1. The molecule has 6 heteroatoms. The van der Waals surface area contributed by atoms with Gasteiger partial charge in [0.15, 0.2) is 11.7 Å². The molecule has 0 aliphatic carbocycles. The molecule has 2 aromatic heterocycles. The number of hydrogen-bond donors (Lipinski definition) is 0. The summed E-state index contributed by atoms with van der Waals surface area (Å²) in [5.41, 5.74) is 2.34. The predicted octanol–water partition coefficient (Wildman–Crippen LogP) is 3.19. The zero-order chi connectivity index (χ0) is 16.2. The minimum absolute atomic E-state index is 0.214. The average molecular weight is 322 g/mol. The van der Waals surface area contributed by atoms with Gasteiger partial charge in [-0.3, -0.25) is 4.79 Å². The number of aryl methyl sites for hydroxylation is 1. The fourth-order valence-corrected chi connectivity index (χ4v) is 3.15. The second-order valence-electron chi connectivity index (χ2n) is 5.19. The van der Waals surface area contributed by atoms with Crippen LogP contribution in [0.3, 0.4) is 0 Å². The second kappa shape index (κ2) is 6.55. The van der Waals surface area contributed by atoms with Crippen molar-refractivity contribution in [2.75, 3.05) is 0 Å². The molecule has 0 saturated carbocycles. The van der Waals surface area contributed by atoms with Crippen LogP contribution in [0.25, 0.3) is 0 Å². The predicted molar refractivity (Wildman–Crippen MR) is 87.3 cm³/mol. The van der Waals surface area contributed by atoms with Crippen LogP contribution >= 0.6 is 11.3 Å². The Bertz CT molecular complexity index is 861. The SMILES string of the molecule is Cc1csc(C(C#N)C(=O)c2cccc(Cn3ccnc3)c2)n1. The number of carbonyl (C=O) groups excluding carboxylic acids is 1. The lowest BCUT2D eigenvalue weighted by atomic mass is 9.98. The van der Waals surface area contributed by atoms with E-state index in [-0.39, 0.29) is 5.78 Å². The highest BCUT2D eigenvalue weighted by Crippen LogP contribution is 2.24. The van der Waals surface area contributed by atoms with E-state index in [0.717, 1.165) is 11.3 Å². The van der Waals surface area contributed by atoms with Crippen molar-refractivity contribution in [1.82, 2.24) is 14.5 Å². The van der Waals surface area contributed by atoms with E-state index in [1.165, 1.54) is 11.3 Å². The summed E-state index contributed by atoms with van der Waals surface area (Å²) in [7, 11) is 0. The van der Waals surface area contributed by atoms with Crippen LogP contribution in [0.1, 0.15) is 32.5 Å². The molecule has 0 fully saturated rings. The lowest BCUT2D eigenvalue weighted by molar-refractivity contribution is 0.0978. The monoisotopic (exact) mass is 322 g/mol. The molecule has 5 nitrogen and oxygen atoms in total. The molecule has 0 spiro atoms. The van der Waals surface area contributed by atoms with Crippen molar-refractivity contribution in [2.24, 2.45) is 0 Å². The van der Waals surface area contributed by atoms with Gasteiger partial charge < -0.3 is 4.57 Å². The minimum Gasteiger partial charge on any atom is -0.333 e.